The predicted octanol–water partition coefficient (Wildman–Crippen LogP) is 1.04. The Bertz CT molecular complexity index is 519. The van der Waals surface area contributed by atoms with E-state index in [0.717, 1.165) is 37.2 Å². The molecule has 1 aromatic rings. The van der Waals surface area contributed by atoms with Crippen molar-refractivity contribution < 1.29 is 0 Å². The fraction of sp³-hybridized carbons (Fsp3) is 0.750. The zero-order chi connectivity index (χ0) is 16.1. The van der Waals surface area contributed by atoms with E-state index < -0.39 is 0 Å². The minimum Gasteiger partial charge on any atom is -0.356 e. The van der Waals surface area contributed by atoms with Gasteiger partial charge in [0, 0.05) is 45.0 Å². The van der Waals surface area contributed by atoms with Crippen LogP contribution in [0.2, 0.25) is 0 Å². The molecule has 0 radical (unpaired) electrons. The van der Waals surface area contributed by atoms with Crippen LogP contribution in [0.1, 0.15) is 30.3 Å². The smallest absolute Gasteiger partial charge is 0.191 e. The fourth-order valence-corrected chi connectivity index (χ4v) is 3.07. The van der Waals surface area contributed by atoms with E-state index in [1.54, 1.807) is 0 Å². The normalized spacial score (nSPS) is 19.7. The lowest BCUT2D eigenvalue weighted by atomic mass is 10.1. The van der Waals surface area contributed by atoms with Gasteiger partial charge in [0.2, 0.25) is 0 Å². The molecule has 0 spiro atoms. The number of nitrogens with zero attached hydrogens (tertiary/aromatic N) is 4. The maximum Gasteiger partial charge on any atom is 0.191 e. The maximum absolute atomic E-state index is 4.45. The summed E-state index contributed by atoms with van der Waals surface area (Å²) in [6, 6.07) is 0. The van der Waals surface area contributed by atoms with Crippen molar-refractivity contribution in [3.8, 4) is 0 Å². The molecule has 2 N–H and O–H groups in total. The number of hydrogen-bond donors (Lipinski definition) is 2. The Balaban J connectivity index is 1.81. The van der Waals surface area contributed by atoms with Gasteiger partial charge in [-0.2, -0.15) is 5.10 Å². The number of aromatic nitrogens is 2. The molecule has 2 rings (SSSR count). The summed E-state index contributed by atoms with van der Waals surface area (Å²) in [7, 11) is 3.81. The van der Waals surface area contributed by atoms with Crippen molar-refractivity contribution in [3.05, 3.63) is 17.0 Å². The Labute approximate surface area is 134 Å². The molecule has 22 heavy (non-hydrogen) atoms. The summed E-state index contributed by atoms with van der Waals surface area (Å²) in [5.74, 6) is 1.60. The number of rotatable bonds is 5. The third-order valence-electron chi connectivity index (χ3n) is 4.69. The minimum atomic E-state index is 0.723. The molecular formula is C16H30N6. The average Bonchev–Trinajstić information content (AvgIpc) is 3.06. The number of hydrogen-bond acceptors (Lipinski definition) is 3. The highest BCUT2D eigenvalue weighted by Crippen LogP contribution is 2.14. The lowest BCUT2D eigenvalue weighted by Gasteiger charge is -2.16. The second-order valence-electron chi connectivity index (χ2n) is 6.13. The molecule has 6 nitrogen and oxygen atoms in total. The molecule has 2 heterocycles. The first-order chi connectivity index (χ1) is 10.5. The summed E-state index contributed by atoms with van der Waals surface area (Å²) in [4.78, 5) is 6.83. The van der Waals surface area contributed by atoms with Gasteiger partial charge in [-0.3, -0.25) is 9.67 Å². The van der Waals surface area contributed by atoms with E-state index in [4.69, 9.17) is 0 Å². The Morgan fingerprint density at radius 1 is 1.36 bits per heavy atom. The summed E-state index contributed by atoms with van der Waals surface area (Å²) in [6.45, 7) is 11.7. The highest BCUT2D eigenvalue weighted by molar-refractivity contribution is 5.79. The topological polar surface area (TPSA) is 57.5 Å². The van der Waals surface area contributed by atoms with Crippen LogP contribution < -0.4 is 10.6 Å². The fourth-order valence-electron chi connectivity index (χ4n) is 3.07. The molecule has 1 atom stereocenters. The molecule has 1 aliphatic heterocycles. The van der Waals surface area contributed by atoms with Crippen LogP contribution in [0, 0.1) is 19.8 Å². The molecule has 6 heteroatoms. The number of aryl methyl sites for hydroxylation is 2. The Morgan fingerprint density at radius 3 is 2.68 bits per heavy atom. The Hall–Kier alpha value is -1.56. The molecule has 0 bridgehead atoms. The van der Waals surface area contributed by atoms with Gasteiger partial charge in [0.15, 0.2) is 5.96 Å². The van der Waals surface area contributed by atoms with Crippen molar-refractivity contribution in [1.82, 2.24) is 25.3 Å². The number of guanidine groups is 1. The van der Waals surface area contributed by atoms with E-state index in [2.05, 4.69) is 46.4 Å². The summed E-state index contributed by atoms with van der Waals surface area (Å²) in [6.07, 6.45) is 1.28. The molecule has 124 valence electrons. The zero-order valence-corrected chi connectivity index (χ0v) is 14.6. The number of likely N-dealkylation sites (tertiary alicyclic amines) is 1. The van der Waals surface area contributed by atoms with E-state index in [1.807, 2.05) is 18.8 Å². The Morgan fingerprint density at radius 2 is 2.14 bits per heavy atom. The average molecular weight is 306 g/mol. The van der Waals surface area contributed by atoms with E-state index >= 15 is 0 Å². The zero-order valence-electron chi connectivity index (χ0n) is 14.6. The lowest BCUT2D eigenvalue weighted by Crippen LogP contribution is -2.40. The first-order valence-corrected chi connectivity index (χ1v) is 8.21. The Kier molecular flexibility index (Phi) is 5.83. The van der Waals surface area contributed by atoms with Gasteiger partial charge >= 0.3 is 0 Å². The quantitative estimate of drug-likeness (QED) is 0.630. The molecular weight excluding hydrogens is 276 g/mol. The maximum atomic E-state index is 4.45. The standard InChI is InChI=1S/C16H30N6/c1-6-22-8-7-14(11-22)9-18-16(17-4)19-10-15-12(2)20-21(5)13(15)3/h14H,6-11H2,1-5H3,(H2,17,18,19). The summed E-state index contributed by atoms with van der Waals surface area (Å²) >= 11 is 0. The first-order valence-electron chi connectivity index (χ1n) is 8.21. The van der Waals surface area contributed by atoms with Crippen molar-refractivity contribution in [2.45, 2.75) is 33.7 Å². The van der Waals surface area contributed by atoms with Gasteiger partial charge in [-0.15, -0.1) is 0 Å². The second kappa shape index (κ2) is 7.63. The second-order valence-corrected chi connectivity index (χ2v) is 6.13. The van der Waals surface area contributed by atoms with E-state index in [9.17, 15) is 0 Å². The highest BCUT2D eigenvalue weighted by Gasteiger charge is 2.21. The lowest BCUT2D eigenvalue weighted by molar-refractivity contribution is 0.342. The summed E-state index contributed by atoms with van der Waals surface area (Å²) in [5, 5.41) is 11.3. The first kappa shape index (κ1) is 16.8. The minimum absolute atomic E-state index is 0.723. The number of nitrogens with one attached hydrogen (secondary N) is 2. The molecule has 1 aromatic heterocycles. The van der Waals surface area contributed by atoms with Crippen molar-refractivity contribution in [2.24, 2.45) is 18.0 Å². The van der Waals surface area contributed by atoms with E-state index in [1.165, 1.54) is 30.8 Å². The SMILES string of the molecule is CCN1CCC(CNC(=NC)NCc2c(C)nn(C)c2C)C1. The third kappa shape index (κ3) is 4.00. The monoisotopic (exact) mass is 306 g/mol. The molecule has 0 aliphatic carbocycles. The van der Waals surface area contributed by atoms with Crippen LogP contribution in [0.25, 0.3) is 0 Å². The third-order valence-corrected chi connectivity index (χ3v) is 4.69. The van der Waals surface area contributed by atoms with Crippen molar-refractivity contribution >= 4 is 5.96 Å². The van der Waals surface area contributed by atoms with Gasteiger partial charge in [-0.05, 0) is 39.3 Å². The molecule has 1 fully saturated rings. The van der Waals surface area contributed by atoms with Crippen LogP contribution in [-0.4, -0.2) is 53.9 Å². The van der Waals surface area contributed by atoms with Crippen LogP contribution in [0.15, 0.2) is 4.99 Å². The molecule has 1 saturated heterocycles. The van der Waals surface area contributed by atoms with Crippen LogP contribution >= 0.6 is 0 Å². The highest BCUT2D eigenvalue weighted by atomic mass is 15.3. The van der Waals surface area contributed by atoms with E-state index in [0.29, 0.717) is 0 Å². The van der Waals surface area contributed by atoms with E-state index in [-0.39, 0.29) is 0 Å². The van der Waals surface area contributed by atoms with Gasteiger partial charge in [0.1, 0.15) is 0 Å². The predicted molar refractivity (Wildman–Crippen MR) is 91.1 cm³/mol. The van der Waals surface area contributed by atoms with Crippen molar-refractivity contribution in [3.63, 3.8) is 0 Å². The summed E-state index contributed by atoms with van der Waals surface area (Å²) < 4.78 is 1.93. The number of aliphatic imine (C=N–C) groups is 1. The summed E-state index contributed by atoms with van der Waals surface area (Å²) in [5.41, 5.74) is 3.54. The van der Waals surface area contributed by atoms with Crippen LogP contribution in [0.5, 0.6) is 0 Å². The largest absolute Gasteiger partial charge is 0.356 e. The van der Waals surface area contributed by atoms with Gasteiger partial charge in [-0.25, -0.2) is 0 Å². The van der Waals surface area contributed by atoms with Gasteiger partial charge in [0.05, 0.1) is 5.69 Å². The molecule has 1 aliphatic rings. The van der Waals surface area contributed by atoms with Crippen LogP contribution in [0.4, 0.5) is 0 Å². The molecule has 1 unspecified atom stereocenters. The van der Waals surface area contributed by atoms with Gasteiger partial charge < -0.3 is 15.5 Å². The molecule has 0 amide bonds. The van der Waals surface area contributed by atoms with Gasteiger partial charge in [0.25, 0.3) is 0 Å². The van der Waals surface area contributed by atoms with Crippen molar-refractivity contribution in [2.75, 3.05) is 33.2 Å². The van der Waals surface area contributed by atoms with Crippen molar-refractivity contribution in [1.29, 1.82) is 0 Å². The van der Waals surface area contributed by atoms with Crippen LogP contribution in [0.3, 0.4) is 0 Å². The van der Waals surface area contributed by atoms with Crippen LogP contribution in [-0.2, 0) is 13.6 Å². The molecule has 0 saturated carbocycles. The van der Waals surface area contributed by atoms with Gasteiger partial charge in [-0.1, -0.05) is 6.92 Å². The molecule has 0 aromatic carbocycles.